The van der Waals surface area contributed by atoms with E-state index in [9.17, 15) is 4.39 Å². The van der Waals surface area contributed by atoms with Crippen molar-refractivity contribution in [2.75, 3.05) is 31.1 Å². The summed E-state index contributed by atoms with van der Waals surface area (Å²) in [5, 5.41) is 8.67. The Hall–Kier alpha value is -2.80. The number of piperazine rings is 1. The number of aryl methyl sites for hydroxylation is 1. The van der Waals surface area contributed by atoms with Crippen LogP contribution in [0.25, 0.3) is 11.3 Å². The maximum absolute atomic E-state index is 13.0. The molecular formula is C19H21FN6. The second-order valence-electron chi connectivity index (χ2n) is 6.50. The number of aromatic nitrogens is 4. The number of imidazole rings is 1. The maximum atomic E-state index is 13.0. The zero-order valence-electron chi connectivity index (χ0n) is 14.7. The number of hydrogen-bond acceptors (Lipinski definition) is 5. The van der Waals surface area contributed by atoms with Gasteiger partial charge in [0.25, 0.3) is 0 Å². The number of benzene rings is 1. The molecule has 4 rings (SSSR count). The predicted octanol–water partition coefficient (Wildman–Crippen LogP) is 2.34. The van der Waals surface area contributed by atoms with E-state index in [-0.39, 0.29) is 5.82 Å². The molecule has 0 amide bonds. The van der Waals surface area contributed by atoms with Crippen LogP contribution in [0.1, 0.15) is 5.82 Å². The summed E-state index contributed by atoms with van der Waals surface area (Å²) < 4.78 is 15.1. The van der Waals surface area contributed by atoms with Crippen LogP contribution in [0.2, 0.25) is 0 Å². The fourth-order valence-corrected chi connectivity index (χ4v) is 3.15. The molecule has 2 aromatic heterocycles. The van der Waals surface area contributed by atoms with Gasteiger partial charge in [0.1, 0.15) is 11.6 Å². The fourth-order valence-electron chi connectivity index (χ4n) is 3.15. The topological polar surface area (TPSA) is 50.1 Å². The number of rotatable bonds is 4. The molecule has 0 N–H and O–H groups in total. The highest BCUT2D eigenvalue weighted by atomic mass is 19.1. The Morgan fingerprint density at radius 1 is 0.962 bits per heavy atom. The van der Waals surface area contributed by atoms with Crippen LogP contribution in [0, 0.1) is 5.82 Å². The van der Waals surface area contributed by atoms with Crippen molar-refractivity contribution < 1.29 is 4.39 Å². The van der Waals surface area contributed by atoms with Crippen molar-refractivity contribution in [1.29, 1.82) is 0 Å². The zero-order chi connectivity index (χ0) is 17.9. The molecule has 134 valence electrons. The van der Waals surface area contributed by atoms with E-state index in [2.05, 4.69) is 29.5 Å². The second kappa shape index (κ2) is 7.21. The van der Waals surface area contributed by atoms with Gasteiger partial charge in [0.2, 0.25) is 0 Å². The minimum atomic E-state index is -0.248. The van der Waals surface area contributed by atoms with Crippen LogP contribution in [-0.2, 0) is 13.6 Å². The quantitative estimate of drug-likeness (QED) is 0.721. The summed E-state index contributed by atoms with van der Waals surface area (Å²) in [5.74, 6) is 1.72. The first-order chi connectivity index (χ1) is 12.7. The summed E-state index contributed by atoms with van der Waals surface area (Å²) in [4.78, 5) is 9.04. The minimum Gasteiger partial charge on any atom is -0.353 e. The SMILES string of the molecule is Cn1ccnc1CN1CCN(c2ccc(-c3ccc(F)cc3)nn2)CC1. The van der Waals surface area contributed by atoms with Crippen LogP contribution in [-0.4, -0.2) is 50.8 Å². The summed E-state index contributed by atoms with van der Waals surface area (Å²) in [6.07, 6.45) is 3.81. The molecule has 26 heavy (non-hydrogen) atoms. The molecule has 1 aliphatic rings. The van der Waals surface area contributed by atoms with E-state index in [1.165, 1.54) is 12.1 Å². The lowest BCUT2D eigenvalue weighted by atomic mass is 10.1. The van der Waals surface area contributed by atoms with Crippen LogP contribution in [0.4, 0.5) is 10.2 Å². The van der Waals surface area contributed by atoms with Crippen molar-refractivity contribution in [2.24, 2.45) is 7.05 Å². The van der Waals surface area contributed by atoms with Gasteiger partial charge in [-0.1, -0.05) is 0 Å². The van der Waals surface area contributed by atoms with E-state index >= 15 is 0 Å². The molecule has 1 aliphatic heterocycles. The number of hydrogen-bond donors (Lipinski definition) is 0. The van der Waals surface area contributed by atoms with E-state index in [4.69, 9.17) is 0 Å². The van der Waals surface area contributed by atoms with Crippen LogP contribution < -0.4 is 4.90 Å². The Balaban J connectivity index is 1.37. The largest absolute Gasteiger partial charge is 0.353 e. The van der Waals surface area contributed by atoms with Crippen molar-refractivity contribution in [3.05, 3.63) is 60.4 Å². The molecule has 0 unspecified atom stereocenters. The average molecular weight is 352 g/mol. The molecule has 3 heterocycles. The summed E-state index contributed by atoms with van der Waals surface area (Å²) >= 11 is 0. The third-order valence-corrected chi connectivity index (χ3v) is 4.77. The monoisotopic (exact) mass is 352 g/mol. The third kappa shape index (κ3) is 3.57. The summed E-state index contributed by atoms with van der Waals surface area (Å²) in [5.41, 5.74) is 1.62. The van der Waals surface area contributed by atoms with Crippen LogP contribution in [0.3, 0.4) is 0 Å². The van der Waals surface area contributed by atoms with E-state index in [0.29, 0.717) is 0 Å². The number of halogens is 1. The molecule has 0 radical (unpaired) electrons. The first-order valence-corrected chi connectivity index (χ1v) is 8.72. The zero-order valence-corrected chi connectivity index (χ0v) is 14.7. The molecule has 0 spiro atoms. The van der Waals surface area contributed by atoms with Gasteiger partial charge < -0.3 is 9.47 Å². The van der Waals surface area contributed by atoms with Crippen LogP contribution in [0.15, 0.2) is 48.8 Å². The standard InChI is InChI=1S/C19H21FN6/c1-24-9-8-21-19(24)14-25-10-12-26(13-11-25)18-7-6-17(22-23-18)15-2-4-16(20)5-3-15/h2-9H,10-14H2,1H3. The number of nitrogens with zero attached hydrogens (tertiary/aromatic N) is 6. The van der Waals surface area contributed by atoms with E-state index in [1.807, 2.05) is 31.6 Å². The van der Waals surface area contributed by atoms with E-state index < -0.39 is 0 Å². The third-order valence-electron chi connectivity index (χ3n) is 4.77. The minimum absolute atomic E-state index is 0.248. The lowest BCUT2D eigenvalue weighted by Crippen LogP contribution is -2.46. The van der Waals surface area contributed by atoms with Gasteiger partial charge in [-0.3, -0.25) is 4.90 Å². The van der Waals surface area contributed by atoms with E-state index in [0.717, 1.165) is 55.6 Å². The number of anilines is 1. The molecule has 6 nitrogen and oxygen atoms in total. The molecular weight excluding hydrogens is 331 g/mol. The average Bonchev–Trinajstić information content (AvgIpc) is 3.08. The van der Waals surface area contributed by atoms with Gasteiger partial charge in [-0.15, -0.1) is 10.2 Å². The highest BCUT2D eigenvalue weighted by Crippen LogP contribution is 2.20. The summed E-state index contributed by atoms with van der Waals surface area (Å²) in [6.45, 7) is 4.62. The lowest BCUT2D eigenvalue weighted by molar-refractivity contribution is 0.241. The Bertz CT molecular complexity index is 850. The molecule has 3 aromatic rings. The predicted molar refractivity (Wildman–Crippen MR) is 98.1 cm³/mol. The van der Waals surface area contributed by atoms with Gasteiger partial charge in [0.15, 0.2) is 5.82 Å². The fraction of sp³-hybridized carbons (Fsp3) is 0.316. The Kier molecular flexibility index (Phi) is 4.62. The maximum Gasteiger partial charge on any atom is 0.151 e. The van der Waals surface area contributed by atoms with Gasteiger partial charge in [-0.05, 0) is 36.4 Å². The highest BCUT2D eigenvalue weighted by molar-refractivity contribution is 5.59. The highest BCUT2D eigenvalue weighted by Gasteiger charge is 2.19. The van der Waals surface area contributed by atoms with Crippen molar-refractivity contribution in [2.45, 2.75) is 6.54 Å². The van der Waals surface area contributed by atoms with Crippen molar-refractivity contribution in [3.63, 3.8) is 0 Å². The molecule has 1 aromatic carbocycles. The first-order valence-electron chi connectivity index (χ1n) is 8.72. The normalized spacial score (nSPS) is 15.4. The van der Waals surface area contributed by atoms with Gasteiger partial charge in [-0.2, -0.15) is 0 Å². The van der Waals surface area contributed by atoms with Crippen LogP contribution >= 0.6 is 0 Å². The molecule has 0 bridgehead atoms. The van der Waals surface area contributed by atoms with Crippen molar-refractivity contribution in [1.82, 2.24) is 24.6 Å². The Morgan fingerprint density at radius 2 is 1.73 bits per heavy atom. The smallest absolute Gasteiger partial charge is 0.151 e. The molecule has 0 aliphatic carbocycles. The van der Waals surface area contributed by atoms with Gasteiger partial charge >= 0.3 is 0 Å². The second-order valence-corrected chi connectivity index (χ2v) is 6.50. The lowest BCUT2D eigenvalue weighted by Gasteiger charge is -2.34. The Morgan fingerprint density at radius 3 is 2.35 bits per heavy atom. The van der Waals surface area contributed by atoms with Crippen molar-refractivity contribution in [3.8, 4) is 11.3 Å². The molecule has 7 heteroatoms. The van der Waals surface area contributed by atoms with E-state index in [1.54, 1.807) is 12.1 Å². The molecule has 1 saturated heterocycles. The summed E-state index contributed by atoms with van der Waals surface area (Å²) in [6, 6.07) is 10.2. The van der Waals surface area contributed by atoms with Crippen molar-refractivity contribution >= 4 is 5.82 Å². The molecule has 0 saturated carbocycles. The molecule has 0 atom stereocenters. The Labute approximate surface area is 151 Å². The molecule has 1 fully saturated rings. The van der Waals surface area contributed by atoms with Crippen LogP contribution in [0.5, 0.6) is 0 Å². The van der Waals surface area contributed by atoms with Gasteiger partial charge in [0.05, 0.1) is 12.2 Å². The van der Waals surface area contributed by atoms with Gasteiger partial charge in [-0.25, -0.2) is 9.37 Å². The first kappa shape index (κ1) is 16.7. The summed E-state index contributed by atoms with van der Waals surface area (Å²) in [7, 11) is 2.02. The van der Waals surface area contributed by atoms with Gasteiger partial charge in [0, 0.05) is 51.2 Å².